The van der Waals surface area contributed by atoms with Crippen molar-refractivity contribution < 1.29 is 10.0 Å². The van der Waals surface area contributed by atoms with Crippen molar-refractivity contribution in [1.29, 1.82) is 0 Å². The van der Waals surface area contributed by atoms with Crippen LogP contribution in [-0.2, 0) is 0 Å². The van der Waals surface area contributed by atoms with Crippen LogP contribution in [0.1, 0.15) is 23.2 Å². The molecule has 0 aliphatic carbocycles. The molecule has 1 atom stereocenters. The van der Waals surface area contributed by atoms with Gasteiger partial charge in [-0.1, -0.05) is 30.3 Å². The summed E-state index contributed by atoms with van der Waals surface area (Å²) in [7, 11) is 0. The lowest BCUT2D eigenvalue weighted by atomic mass is 10.00. The third-order valence-electron chi connectivity index (χ3n) is 3.81. The maximum atomic E-state index is 11.2. The minimum atomic E-state index is -1.21. The molecule has 118 valence electrons. The van der Waals surface area contributed by atoms with Crippen LogP contribution in [0.15, 0.2) is 59.9 Å². The fraction of sp³-hybridized carbons (Fsp3) is 0.0625. The van der Waals surface area contributed by atoms with Crippen molar-refractivity contribution in [2.24, 2.45) is 4.99 Å². The van der Waals surface area contributed by atoms with Crippen molar-refractivity contribution in [3.63, 3.8) is 0 Å². The van der Waals surface area contributed by atoms with Crippen molar-refractivity contribution in [2.45, 2.75) is 6.23 Å². The second kappa shape index (κ2) is 5.36. The van der Waals surface area contributed by atoms with Gasteiger partial charge in [-0.15, -0.1) is 10.2 Å². The first-order valence-electron chi connectivity index (χ1n) is 7.15. The Balaban J connectivity index is 2.03. The van der Waals surface area contributed by atoms with Gasteiger partial charge in [0.25, 0.3) is 5.69 Å². The first-order chi connectivity index (χ1) is 11.6. The van der Waals surface area contributed by atoms with E-state index in [2.05, 4.69) is 15.2 Å². The molecule has 24 heavy (non-hydrogen) atoms. The summed E-state index contributed by atoms with van der Waals surface area (Å²) in [6.45, 7) is 0. The molecule has 2 aromatic carbocycles. The molecule has 0 saturated heterocycles. The van der Waals surface area contributed by atoms with Gasteiger partial charge in [-0.05, 0) is 6.07 Å². The molecule has 1 unspecified atom stereocenters. The van der Waals surface area contributed by atoms with Gasteiger partial charge < -0.3 is 5.11 Å². The van der Waals surface area contributed by atoms with Crippen molar-refractivity contribution in [3.8, 4) is 5.69 Å². The zero-order valence-electron chi connectivity index (χ0n) is 12.3. The van der Waals surface area contributed by atoms with E-state index in [-0.39, 0.29) is 11.5 Å². The Morgan fingerprint density at radius 2 is 1.96 bits per heavy atom. The van der Waals surface area contributed by atoms with E-state index in [1.54, 1.807) is 10.6 Å². The predicted molar refractivity (Wildman–Crippen MR) is 85.1 cm³/mol. The first kappa shape index (κ1) is 14.2. The minimum absolute atomic E-state index is 0.0524. The van der Waals surface area contributed by atoms with Crippen LogP contribution in [0, 0.1) is 10.1 Å². The summed E-state index contributed by atoms with van der Waals surface area (Å²) in [5.74, 6) is 0.260. The number of benzene rings is 2. The Morgan fingerprint density at radius 1 is 1.17 bits per heavy atom. The van der Waals surface area contributed by atoms with Crippen molar-refractivity contribution in [3.05, 3.63) is 81.9 Å². The second-order valence-electron chi connectivity index (χ2n) is 5.24. The third kappa shape index (κ3) is 2.17. The van der Waals surface area contributed by atoms with Gasteiger partial charge >= 0.3 is 0 Å². The second-order valence-corrected chi connectivity index (χ2v) is 5.24. The molecule has 4 rings (SSSR count). The largest absolute Gasteiger partial charge is 0.365 e. The van der Waals surface area contributed by atoms with Crippen molar-refractivity contribution in [2.75, 3.05) is 0 Å². The molecule has 8 nitrogen and oxygen atoms in total. The number of hydrogen-bond donors (Lipinski definition) is 1. The van der Waals surface area contributed by atoms with Crippen LogP contribution in [0.2, 0.25) is 0 Å². The predicted octanol–water partition coefficient (Wildman–Crippen LogP) is 2.02. The lowest BCUT2D eigenvalue weighted by Gasteiger charge is -2.10. The van der Waals surface area contributed by atoms with Gasteiger partial charge in [0.15, 0.2) is 5.82 Å². The van der Waals surface area contributed by atoms with Gasteiger partial charge in [0, 0.05) is 23.3 Å². The molecule has 1 aliphatic rings. The lowest BCUT2D eigenvalue weighted by molar-refractivity contribution is -0.384. The Kier molecular flexibility index (Phi) is 3.17. The monoisotopic (exact) mass is 321 g/mol. The molecular weight excluding hydrogens is 310 g/mol. The lowest BCUT2D eigenvalue weighted by Crippen LogP contribution is -2.07. The SMILES string of the molecule is O=[N+]([O-])c1ccc2c(c1)C(c1ccccc1)=NC(O)c1nncn1-2. The molecule has 3 aromatic rings. The van der Waals surface area contributed by atoms with Crippen LogP contribution < -0.4 is 0 Å². The molecule has 1 aliphatic heterocycles. The molecule has 0 fully saturated rings. The number of nitro groups is 1. The van der Waals surface area contributed by atoms with E-state index in [1.165, 1.54) is 18.5 Å². The Morgan fingerprint density at radius 3 is 2.71 bits per heavy atom. The van der Waals surface area contributed by atoms with Gasteiger partial charge in [-0.3, -0.25) is 14.7 Å². The fourth-order valence-electron chi connectivity index (χ4n) is 2.72. The molecular formula is C16H11N5O3. The molecule has 2 heterocycles. The van der Waals surface area contributed by atoms with E-state index in [1.807, 2.05) is 30.3 Å². The number of aromatic nitrogens is 3. The zero-order valence-corrected chi connectivity index (χ0v) is 12.3. The van der Waals surface area contributed by atoms with Crippen molar-refractivity contribution in [1.82, 2.24) is 14.8 Å². The van der Waals surface area contributed by atoms with E-state index >= 15 is 0 Å². The smallest absolute Gasteiger partial charge is 0.270 e. The zero-order chi connectivity index (χ0) is 16.7. The number of nitrogens with zero attached hydrogens (tertiary/aromatic N) is 5. The van der Waals surface area contributed by atoms with Gasteiger partial charge in [-0.25, -0.2) is 4.99 Å². The Hall–Kier alpha value is -3.39. The number of aliphatic hydroxyl groups is 1. The number of hydrogen-bond acceptors (Lipinski definition) is 6. The van der Waals surface area contributed by atoms with Gasteiger partial charge in [-0.2, -0.15) is 0 Å². The molecule has 1 N–H and O–H groups in total. The highest BCUT2D eigenvalue weighted by atomic mass is 16.6. The van der Waals surface area contributed by atoms with E-state index in [9.17, 15) is 15.2 Å². The Bertz CT molecular complexity index is 965. The van der Waals surface area contributed by atoms with Crippen LogP contribution in [0.4, 0.5) is 5.69 Å². The highest BCUT2D eigenvalue weighted by Crippen LogP contribution is 2.30. The number of nitro benzene ring substituents is 1. The maximum absolute atomic E-state index is 11.2. The molecule has 0 saturated carbocycles. The number of aliphatic imine (C=N–C) groups is 1. The summed E-state index contributed by atoms with van der Waals surface area (Å²) in [6, 6.07) is 13.7. The number of fused-ring (bicyclic) bond motifs is 3. The van der Waals surface area contributed by atoms with E-state index in [0.717, 1.165) is 5.56 Å². The molecule has 0 radical (unpaired) electrons. The quantitative estimate of drug-likeness (QED) is 0.574. The molecule has 0 amide bonds. The Labute approximate surface area is 135 Å². The maximum Gasteiger partial charge on any atom is 0.270 e. The highest BCUT2D eigenvalue weighted by Gasteiger charge is 2.26. The van der Waals surface area contributed by atoms with Crippen LogP contribution in [0.5, 0.6) is 0 Å². The first-order valence-corrected chi connectivity index (χ1v) is 7.15. The molecule has 8 heteroatoms. The molecule has 0 spiro atoms. The summed E-state index contributed by atoms with van der Waals surface area (Å²) in [6.07, 6.45) is 0.237. The van der Waals surface area contributed by atoms with E-state index in [4.69, 9.17) is 0 Å². The number of non-ortho nitro benzene ring substituents is 1. The average Bonchev–Trinajstić information content (AvgIpc) is 3.05. The molecule has 0 bridgehead atoms. The topological polar surface area (TPSA) is 106 Å². The number of rotatable bonds is 2. The van der Waals surface area contributed by atoms with Crippen LogP contribution in [-0.4, -0.2) is 30.5 Å². The van der Waals surface area contributed by atoms with Crippen LogP contribution in [0.25, 0.3) is 5.69 Å². The van der Waals surface area contributed by atoms with Gasteiger partial charge in [0.1, 0.15) is 6.33 Å². The summed E-state index contributed by atoms with van der Waals surface area (Å²) in [4.78, 5) is 15.0. The average molecular weight is 321 g/mol. The third-order valence-corrected chi connectivity index (χ3v) is 3.81. The highest BCUT2D eigenvalue weighted by molar-refractivity contribution is 6.15. The van der Waals surface area contributed by atoms with E-state index in [0.29, 0.717) is 17.0 Å². The van der Waals surface area contributed by atoms with Crippen LogP contribution in [0.3, 0.4) is 0 Å². The van der Waals surface area contributed by atoms with Gasteiger partial charge in [0.05, 0.1) is 16.3 Å². The number of aliphatic hydroxyl groups excluding tert-OH is 1. The molecule has 1 aromatic heterocycles. The minimum Gasteiger partial charge on any atom is -0.365 e. The standard InChI is InChI=1S/C16H11N5O3/c22-16-15-19-17-9-20(15)13-7-6-11(21(23)24)8-12(13)14(18-16)10-4-2-1-3-5-10/h1-9,16,22H. The van der Waals surface area contributed by atoms with Crippen molar-refractivity contribution >= 4 is 11.4 Å². The summed E-state index contributed by atoms with van der Waals surface area (Å²) < 4.78 is 1.59. The summed E-state index contributed by atoms with van der Waals surface area (Å²) in [5.41, 5.74) is 2.32. The van der Waals surface area contributed by atoms with E-state index < -0.39 is 11.2 Å². The van der Waals surface area contributed by atoms with Gasteiger partial charge in [0.2, 0.25) is 6.23 Å². The summed E-state index contributed by atoms with van der Waals surface area (Å²) in [5, 5.41) is 29.2. The fourth-order valence-corrected chi connectivity index (χ4v) is 2.72. The summed E-state index contributed by atoms with van der Waals surface area (Å²) >= 11 is 0. The normalized spacial score (nSPS) is 15.9. The van der Waals surface area contributed by atoms with Crippen LogP contribution >= 0.6 is 0 Å².